The Morgan fingerprint density at radius 2 is 2.00 bits per heavy atom. The third-order valence-corrected chi connectivity index (χ3v) is 3.85. The van der Waals surface area contributed by atoms with Gasteiger partial charge in [0, 0.05) is 5.69 Å². The smallest absolute Gasteiger partial charge is 0.312 e. The van der Waals surface area contributed by atoms with Crippen molar-refractivity contribution in [3.8, 4) is 5.75 Å². The molecule has 1 aromatic heterocycles. The molecule has 0 fully saturated rings. The topological polar surface area (TPSA) is 99.3 Å². The molecule has 0 saturated heterocycles. The van der Waals surface area contributed by atoms with Gasteiger partial charge >= 0.3 is 5.69 Å². The number of benzene rings is 1. The molecule has 0 aliphatic rings. The van der Waals surface area contributed by atoms with E-state index in [1.54, 1.807) is 45.0 Å². The highest BCUT2D eigenvalue weighted by molar-refractivity contribution is 5.92. The summed E-state index contributed by atoms with van der Waals surface area (Å²) in [6.45, 7) is 7.73. The molecule has 8 heteroatoms. The van der Waals surface area contributed by atoms with Crippen molar-refractivity contribution < 1.29 is 14.5 Å². The van der Waals surface area contributed by atoms with E-state index >= 15 is 0 Å². The molecule has 2 rings (SSSR count). The van der Waals surface area contributed by atoms with Crippen LogP contribution in [0.2, 0.25) is 0 Å². The van der Waals surface area contributed by atoms with E-state index < -0.39 is 10.8 Å². The lowest BCUT2D eigenvalue weighted by Crippen LogP contribution is -2.25. The van der Waals surface area contributed by atoms with Crippen LogP contribution in [0.3, 0.4) is 0 Å². The molecule has 1 unspecified atom stereocenters. The summed E-state index contributed by atoms with van der Waals surface area (Å²) < 4.78 is 6.87. The molecule has 0 saturated carbocycles. The number of ether oxygens (including phenoxy) is 1. The zero-order valence-corrected chi connectivity index (χ0v) is 14.8. The Morgan fingerprint density at radius 3 is 2.52 bits per heavy atom. The Kier molecular flexibility index (Phi) is 5.74. The van der Waals surface area contributed by atoms with Crippen LogP contribution in [0, 0.1) is 29.9 Å². The van der Waals surface area contributed by atoms with Gasteiger partial charge in [0.25, 0.3) is 0 Å². The lowest BCUT2D eigenvalue weighted by Gasteiger charge is -2.13. The predicted molar refractivity (Wildman–Crippen MR) is 93.8 cm³/mol. The van der Waals surface area contributed by atoms with Crippen molar-refractivity contribution in [1.29, 1.82) is 0 Å². The van der Waals surface area contributed by atoms with Gasteiger partial charge in [-0.15, -0.1) is 0 Å². The fraction of sp³-hybridized carbons (Fsp3) is 0.412. The molecule has 2 aromatic rings. The summed E-state index contributed by atoms with van der Waals surface area (Å²) in [7, 11) is 0. The van der Waals surface area contributed by atoms with E-state index in [0.717, 1.165) is 5.75 Å². The van der Waals surface area contributed by atoms with E-state index in [0.29, 0.717) is 23.7 Å². The van der Waals surface area contributed by atoms with E-state index in [9.17, 15) is 14.9 Å². The molecule has 1 N–H and O–H groups in total. The largest absolute Gasteiger partial charge is 0.494 e. The molecule has 1 atom stereocenters. The maximum Gasteiger partial charge on any atom is 0.312 e. The number of aryl methyl sites for hydroxylation is 1. The Bertz CT molecular complexity index is 768. The monoisotopic (exact) mass is 346 g/mol. The molecule has 1 heterocycles. The van der Waals surface area contributed by atoms with Gasteiger partial charge in [0.1, 0.15) is 17.1 Å². The quantitative estimate of drug-likeness (QED) is 0.613. The van der Waals surface area contributed by atoms with E-state index in [1.807, 2.05) is 6.92 Å². The Hall–Kier alpha value is -2.90. The highest BCUT2D eigenvalue weighted by Gasteiger charge is 2.24. The Morgan fingerprint density at radius 1 is 1.36 bits per heavy atom. The third-order valence-electron chi connectivity index (χ3n) is 3.85. The van der Waals surface area contributed by atoms with Gasteiger partial charge in [-0.3, -0.25) is 19.6 Å². The molecule has 1 amide bonds. The molecular weight excluding hydrogens is 324 g/mol. The van der Waals surface area contributed by atoms with Crippen LogP contribution in [-0.2, 0) is 11.3 Å². The van der Waals surface area contributed by atoms with Gasteiger partial charge in [-0.05, 0) is 45.0 Å². The fourth-order valence-corrected chi connectivity index (χ4v) is 2.54. The lowest BCUT2D eigenvalue weighted by molar-refractivity contribution is -0.386. The number of hydrogen-bond donors (Lipinski definition) is 1. The first kappa shape index (κ1) is 18.4. The first-order valence-electron chi connectivity index (χ1n) is 8.05. The molecule has 8 nitrogen and oxygen atoms in total. The SMILES string of the molecule is CCOc1ccc(NC(=O)C(C)Cn2nc(C)c([N+](=O)[O-])c2C)cc1. The van der Waals surface area contributed by atoms with Gasteiger partial charge in [-0.2, -0.15) is 5.10 Å². The summed E-state index contributed by atoms with van der Waals surface area (Å²) in [5.74, 6) is 0.159. The number of nitrogens with one attached hydrogen (secondary N) is 1. The molecule has 0 spiro atoms. The van der Waals surface area contributed by atoms with Crippen LogP contribution < -0.4 is 10.1 Å². The predicted octanol–water partition coefficient (Wildman–Crippen LogP) is 3.08. The fourth-order valence-electron chi connectivity index (χ4n) is 2.54. The van der Waals surface area contributed by atoms with E-state index in [-0.39, 0.29) is 18.1 Å². The average molecular weight is 346 g/mol. The summed E-state index contributed by atoms with van der Waals surface area (Å²) in [4.78, 5) is 23.0. The van der Waals surface area contributed by atoms with Crippen LogP contribution >= 0.6 is 0 Å². The second kappa shape index (κ2) is 7.78. The number of amides is 1. The van der Waals surface area contributed by atoms with Gasteiger partial charge in [0.15, 0.2) is 0 Å². The number of nitrogens with zero attached hydrogens (tertiary/aromatic N) is 3. The number of rotatable bonds is 7. The highest BCUT2D eigenvalue weighted by Crippen LogP contribution is 2.23. The van der Waals surface area contributed by atoms with Crippen LogP contribution in [0.4, 0.5) is 11.4 Å². The number of hydrogen-bond acceptors (Lipinski definition) is 5. The van der Waals surface area contributed by atoms with Gasteiger partial charge in [0.05, 0.1) is 24.0 Å². The Labute approximate surface area is 145 Å². The van der Waals surface area contributed by atoms with Gasteiger partial charge < -0.3 is 10.1 Å². The number of aromatic nitrogens is 2. The van der Waals surface area contributed by atoms with Crippen LogP contribution in [-0.4, -0.2) is 27.2 Å². The summed E-state index contributed by atoms with van der Waals surface area (Å²) in [5, 5.41) is 18.1. The van der Waals surface area contributed by atoms with Crippen molar-refractivity contribution in [3.05, 3.63) is 45.8 Å². The second-order valence-corrected chi connectivity index (χ2v) is 5.81. The van der Waals surface area contributed by atoms with E-state index in [2.05, 4.69) is 10.4 Å². The zero-order valence-electron chi connectivity index (χ0n) is 14.8. The van der Waals surface area contributed by atoms with Crippen molar-refractivity contribution >= 4 is 17.3 Å². The minimum Gasteiger partial charge on any atom is -0.494 e. The van der Waals surface area contributed by atoms with Crippen molar-refractivity contribution in [3.63, 3.8) is 0 Å². The minimum atomic E-state index is -0.446. The van der Waals surface area contributed by atoms with Crippen LogP contribution in [0.15, 0.2) is 24.3 Å². The van der Waals surface area contributed by atoms with Crippen molar-refractivity contribution in [2.45, 2.75) is 34.2 Å². The number of carbonyl (C=O) groups excluding carboxylic acids is 1. The average Bonchev–Trinajstić information content (AvgIpc) is 2.83. The highest BCUT2D eigenvalue weighted by atomic mass is 16.6. The Balaban J connectivity index is 2.03. The van der Waals surface area contributed by atoms with Crippen LogP contribution in [0.5, 0.6) is 5.75 Å². The summed E-state index contributed by atoms with van der Waals surface area (Å²) >= 11 is 0. The summed E-state index contributed by atoms with van der Waals surface area (Å²) in [6, 6.07) is 7.11. The number of anilines is 1. The molecule has 134 valence electrons. The van der Waals surface area contributed by atoms with Gasteiger partial charge in [0.2, 0.25) is 5.91 Å². The third kappa shape index (κ3) is 4.34. The molecule has 0 aliphatic heterocycles. The summed E-state index contributed by atoms with van der Waals surface area (Å²) in [6.07, 6.45) is 0. The zero-order chi connectivity index (χ0) is 18.6. The van der Waals surface area contributed by atoms with Crippen molar-refractivity contribution in [1.82, 2.24) is 9.78 Å². The van der Waals surface area contributed by atoms with Gasteiger partial charge in [-0.25, -0.2) is 0 Å². The van der Waals surface area contributed by atoms with Crippen LogP contribution in [0.1, 0.15) is 25.2 Å². The summed E-state index contributed by atoms with van der Waals surface area (Å²) in [5.41, 5.74) is 1.46. The molecule has 0 bridgehead atoms. The van der Waals surface area contributed by atoms with E-state index in [4.69, 9.17) is 4.74 Å². The van der Waals surface area contributed by atoms with Gasteiger partial charge in [-0.1, -0.05) is 6.92 Å². The first-order chi connectivity index (χ1) is 11.8. The molecule has 0 aliphatic carbocycles. The maximum absolute atomic E-state index is 12.3. The van der Waals surface area contributed by atoms with Crippen LogP contribution in [0.25, 0.3) is 0 Å². The lowest BCUT2D eigenvalue weighted by atomic mass is 10.1. The normalized spacial score (nSPS) is 11.8. The first-order valence-corrected chi connectivity index (χ1v) is 8.05. The molecular formula is C17H22N4O4. The van der Waals surface area contributed by atoms with Crippen molar-refractivity contribution in [2.75, 3.05) is 11.9 Å². The van der Waals surface area contributed by atoms with Crippen molar-refractivity contribution in [2.24, 2.45) is 5.92 Å². The molecule has 25 heavy (non-hydrogen) atoms. The number of nitro groups is 1. The standard InChI is InChI=1S/C17H22N4O4/c1-5-25-15-8-6-14(7-9-15)18-17(22)11(2)10-20-13(4)16(21(23)24)12(3)19-20/h6-9,11H,5,10H2,1-4H3,(H,18,22). The molecule has 0 radical (unpaired) electrons. The number of carbonyl (C=O) groups is 1. The van der Waals surface area contributed by atoms with E-state index in [1.165, 1.54) is 4.68 Å². The minimum absolute atomic E-state index is 0.000814. The maximum atomic E-state index is 12.3. The molecule has 1 aromatic carbocycles. The second-order valence-electron chi connectivity index (χ2n) is 5.81.